The second-order valence-corrected chi connectivity index (χ2v) is 7.18. The molecule has 1 N–H and O–H groups in total. The summed E-state index contributed by atoms with van der Waals surface area (Å²) in [6.07, 6.45) is -4.66. The Morgan fingerprint density at radius 3 is 2.42 bits per heavy atom. The molecule has 0 spiro atoms. The van der Waals surface area contributed by atoms with E-state index in [1.54, 1.807) is 16.8 Å². The number of halogens is 3. The number of rotatable bonds is 5. The smallest absolute Gasteiger partial charge is 0.350 e. The van der Waals surface area contributed by atoms with Crippen LogP contribution in [0.4, 0.5) is 13.2 Å². The maximum atomic E-state index is 13.4. The third-order valence-corrected chi connectivity index (χ3v) is 5.11. The van der Waals surface area contributed by atoms with Crippen LogP contribution in [-0.2, 0) is 24.1 Å². The fourth-order valence-electron chi connectivity index (χ4n) is 3.59. The summed E-state index contributed by atoms with van der Waals surface area (Å²) in [6.45, 7) is 3.40. The van der Waals surface area contributed by atoms with Crippen LogP contribution in [0.5, 0.6) is 0 Å². The van der Waals surface area contributed by atoms with Gasteiger partial charge in [0.25, 0.3) is 0 Å². The highest BCUT2D eigenvalue weighted by atomic mass is 19.4. The summed E-state index contributed by atoms with van der Waals surface area (Å²) in [6, 6.07) is 15.8. The Balaban J connectivity index is 1.54. The van der Waals surface area contributed by atoms with E-state index in [4.69, 9.17) is 0 Å². The summed E-state index contributed by atoms with van der Waals surface area (Å²) in [4.78, 5) is 16.2. The summed E-state index contributed by atoms with van der Waals surface area (Å²) in [5.74, 6) is -1.63. The Morgan fingerprint density at radius 2 is 1.71 bits per heavy atom. The van der Waals surface area contributed by atoms with Crippen molar-refractivity contribution in [2.45, 2.75) is 33.1 Å². The van der Waals surface area contributed by atoms with Crippen LogP contribution in [-0.4, -0.2) is 25.2 Å². The molecule has 6 nitrogen and oxygen atoms in total. The third kappa shape index (κ3) is 4.03. The molecular weight excluding hydrogens is 407 g/mol. The molecule has 0 saturated heterocycles. The van der Waals surface area contributed by atoms with E-state index in [2.05, 4.69) is 15.4 Å². The van der Waals surface area contributed by atoms with Crippen molar-refractivity contribution in [1.82, 2.24) is 24.6 Å². The fourth-order valence-corrected chi connectivity index (χ4v) is 3.59. The Morgan fingerprint density at radius 1 is 1.03 bits per heavy atom. The minimum Gasteiger partial charge on any atom is -0.350 e. The van der Waals surface area contributed by atoms with E-state index in [0.717, 1.165) is 27.2 Å². The van der Waals surface area contributed by atoms with Gasteiger partial charge in [-0.1, -0.05) is 30.3 Å². The average Bonchev–Trinajstić information content (AvgIpc) is 3.24. The lowest BCUT2D eigenvalue weighted by Crippen LogP contribution is -2.29. The Hall–Kier alpha value is -3.62. The third-order valence-electron chi connectivity index (χ3n) is 5.11. The summed E-state index contributed by atoms with van der Waals surface area (Å²) >= 11 is 0. The van der Waals surface area contributed by atoms with Gasteiger partial charge in [0.05, 0.1) is 22.4 Å². The molecule has 0 unspecified atom stereocenters. The number of amides is 1. The molecule has 0 aliphatic carbocycles. The number of para-hydroxylation sites is 3. The van der Waals surface area contributed by atoms with Crippen LogP contribution < -0.4 is 5.32 Å². The van der Waals surface area contributed by atoms with E-state index in [0.29, 0.717) is 0 Å². The Bertz CT molecular complexity index is 1240. The van der Waals surface area contributed by atoms with Crippen molar-refractivity contribution in [2.24, 2.45) is 0 Å². The molecule has 2 aromatic heterocycles. The van der Waals surface area contributed by atoms with Gasteiger partial charge in [0.2, 0.25) is 11.7 Å². The number of nitrogens with one attached hydrogen (secondary N) is 1. The highest BCUT2D eigenvalue weighted by Crippen LogP contribution is 2.31. The zero-order valence-electron chi connectivity index (χ0n) is 16.9. The normalized spacial score (nSPS) is 11.8. The van der Waals surface area contributed by atoms with Crippen molar-refractivity contribution in [3.05, 3.63) is 77.4 Å². The molecular formula is C22H20F3N5O. The lowest BCUT2D eigenvalue weighted by atomic mass is 10.2. The maximum Gasteiger partial charge on any atom is 0.449 e. The van der Waals surface area contributed by atoms with E-state index in [9.17, 15) is 18.0 Å². The zero-order valence-corrected chi connectivity index (χ0v) is 16.9. The molecule has 0 atom stereocenters. The van der Waals surface area contributed by atoms with Crippen molar-refractivity contribution in [1.29, 1.82) is 0 Å². The van der Waals surface area contributed by atoms with Crippen molar-refractivity contribution < 1.29 is 18.0 Å². The van der Waals surface area contributed by atoms with E-state index in [-0.39, 0.29) is 17.6 Å². The van der Waals surface area contributed by atoms with Crippen LogP contribution in [0, 0.1) is 13.8 Å². The molecule has 2 aromatic carbocycles. The largest absolute Gasteiger partial charge is 0.449 e. The number of alkyl halides is 3. The average molecular weight is 427 g/mol. The number of hydrogen-bond acceptors (Lipinski definition) is 3. The predicted molar refractivity (Wildman–Crippen MR) is 110 cm³/mol. The van der Waals surface area contributed by atoms with Crippen molar-refractivity contribution in [2.75, 3.05) is 0 Å². The van der Waals surface area contributed by atoms with Crippen molar-refractivity contribution in [3.63, 3.8) is 0 Å². The standard InChI is InChI=1S/C22H20F3N5O/c1-14-17(15(2)30(28-14)16-8-4-3-5-9-16)12-26-20(31)13-29-19-11-7-6-10-18(19)27-21(29)22(23,24)25/h3-11H,12-13H2,1-2H3,(H,26,31). The van der Waals surface area contributed by atoms with E-state index >= 15 is 0 Å². The quantitative estimate of drug-likeness (QED) is 0.520. The molecule has 0 aliphatic heterocycles. The number of nitrogens with zero attached hydrogens (tertiary/aromatic N) is 4. The van der Waals surface area contributed by atoms with E-state index in [1.165, 1.54) is 12.1 Å². The molecule has 4 rings (SSSR count). The number of carbonyl (C=O) groups is 1. The fraction of sp³-hybridized carbons (Fsp3) is 0.227. The first-order valence-corrected chi connectivity index (χ1v) is 9.65. The van der Waals surface area contributed by atoms with Gasteiger partial charge in [-0.05, 0) is 38.1 Å². The number of carbonyl (C=O) groups excluding carboxylic acids is 1. The number of imidazole rings is 1. The van der Waals surface area contributed by atoms with Crippen LogP contribution in [0.1, 0.15) is 22.8 Å². The second-order valence-electron chi connectivity index (χ2n) is 7.18. The number of hydrogen-bond donors (Lipinski definition) is 1. The monoisotopic (exact) mass is 427 g/mol. The highest BCUT2D eigenvalue weighted by molar-refractivity contribution is 5.81. The molecule has 2 heterocycles. The van der Waals surface area contributed by atoms with Crippen LogP contribution >= 0.6 is 0 Å². The number of fused-ring (bicyclic) bond motifs is 1. The highest BCUT2D eigenvalue weighted by Gasteiger charge is 2.38. The summed E-state index contributed by atoms with van der Waals surface area (Å²) in [5, 5.41) is 7.24. The number of aryl methyl sites for hydroxylation is 1. The molecule has 0 saturated carbocycles. The molecule has 4 aromatic rings. The predicted octanol–water partition coefficient (Wildman–Crippen LogP) is 4.17. The minimum atomic E-state index is -4.66. The first-order valence-electron chi connectivity index (χ1n) is 9.65. The van der Waals surface area contributed by atoms with Gasteiger partial charge < -0.3 is 9.88 Å². The molecule has 1 amide bonds. The molecule has 160 valence electrons. The van der Waals surface area contributed by atoms with Crippen LogP contribution in [0.2, 0.25) is 0 Å². The van der Waals surface area contributed by atoms with Crippen molar-refractivity contribution in [3.8, 4) is 5.69 Å². The van der Waals surface area contributed by atoms with Crippen LogP contribution in [0.3, 0.4) is 0 Å². The second kappa shape index (κ2) is 7.90. The van der Waals surface area contributed by atoms with Crippen molar-refractivity contribution >= 4 is 16.9 Å². The van der Waals surface area contributed by atoms with Gasteiger partial charge in [0.15, 0.2) is 0 Å². The lowest BCUT2D eigenvalue weighted by Gasteiger charge is -2.12. The SMILES string of the molecule is Cc1nn(-c2ccccc2)c(C)c1CNC(=O)Cn1c(C(F)(F)F)nc2ccccc21. The molecule has 31 heavy (non-hydrogen) atoms. The van der Waals surface area contributed by atoms with Crippen LogP contribution in [0.15, 0.2) is 54.6 Å². The van der Waals surface area contributed by atoms with Gasteiger partial charge in [-0.25, -0.2) is 9.67 Å². The minimum absolute atomic E-state index is 0.164. The number of aromatic nitrogens is 4. The first-order chi connectivity index (χ1) is 14.8. The summed E-state index contributed by atoms with van der Waals surface area (Å²) in [7, 11) is 0. The van der Waals surface area contributed by atoms with Gasteiger partial charge in [-0.2, -0.15) is 18.3 Å². The molecule has 0 bridgehead atoms. The first kappa shape index (κ1) is 20.6. The molecule has 9 heteroatoms. The van der Waals surface area contributed by atoms with Crippen LogP contribution in [0.25, 0.3) is 16.7 Å². The van der Waals surface area contributed by atoms with E-state index < -0.39 is 24.5 Å². The zero-order chi connectivity index (χ0) is 22.2. The molecule has 0 radical (unpaired) electrons. The van der Waals surface area contributed by atoms with Gasteiger partial charge in [0, 0.05) is 17.8 Å². The van der Waals surface area contributed by atoms with Gasteiger partial charge in [0.1, 0.15) is 6.54 Å². The van der Waals surface area contributed by atoms with Gasteiger partial charge in [-0.15, -0.1) is 0 Å². The topological polar surface area (TPSA) is 64.7 Å². The van der Waals surface area contributed by atoms with Gasteiger partial charge in [-0.3, -0.25) is 4.79 Å². The molecule has 0 aliphatic rings. The van der Waals surface area contributed by atoms with E-state index in [1.807, 2.05) is 44.2 Å². The Kier molecular flexibility index (Phi) is 5.26. The van der Waals surface area contributed by atoms with Gasteiger partial charge >= 0.3 is 6.18 Å². The lowest BCUT2D eigenvalue weighted by molar-refractivity contribution is -0.147. The Labute approximate surface area is 176 Å². The summed E-state index contributed by atoms with van der Waals surface area (Å²) < 4.78 is 43.0. The summed E-state index contributed by atoms with van der Waals surface area (Å²) in [5.41, 5.74) is 3.76. The number of benzene rings is 2. The molecule has 0 fully saturated rings. The maximum absolute atomic E-state index is 13.4.